The summed E-state index contributed by atoms with van der Waals surface area (Å²) in [5.74, 6) is 0.247. The SMILES string of the molecule is COc1cc(/C=C/C(=O)OCC(=O)N2CCC(C)CC2)ccc1O. The van der Waals surface area contributed by atoms with Crippen LogP contribution in [-0.4, -0.2) is 48.7 Å². The Balaban J connectivity index is 1.81. The second-order valence-corrected chi connectivity index (χ2v) is 5.94. The van der Waals surface area contributed by atoms with Crippen LogP contribution in [0, 0.1) is 5.92 Å². The van der Waals surface area contributed by atoms with E-state index >= 15 is 0 Å². The maximum absolute atomic E-state index is 12.0. The number of hydrogen-bond donors (Lipinski definition) is 1. The molecule has 0 aromatic heterocycles. The Kier molecular flexibility index (Phi) is 6.23. The van der Waals surface area contributed by atoms with Crippen molar-refractivity contribution in [2.75, 3.05) is 26.8 Å². The summed E-state index contributed by atoms with van der Waals surface area (Å²) in [4.78, 5) is 25.4. The van der Waals surface area contributed by atoms with Gasteiger partial charge in [0, 0.05) is 19.2 Å². The van der Waals surface area contributed by atoms with Gasteiger partial charge >= 0.3 is 5.97 Å². The number of methoxy groups -OCH3 is 1. The molecule has 6 heteroatoms. The molecule has 1 heterocycles. The van der Waals surface area contributed by atoms with Crippen molar-refractivity contribution in [2.24, 2.45) is 5.92 Å². The Hall–Kier alpha value is -2.50. The molecule has 24 heavy (non-hydrogen) atoms. The summed E-state index contributed by atoms with van der Waals surface area (Å²) in [6.07, 6.45) is 4.76. The van der Waals surface area contributed by atoms with E-state index in [1.165, 1.54) is 25.3 Å². The molecule has 0 bridgehead atoms. The third-order valence-corrected chi connectivity index (χ3v) is 4.09. The Morgan fingerprint density at radius 1 is 1.33 bits per heavy atom. The van der Waals surface area contributed by atoms with Crippen molar-refractivity contribution in [3.05, 3.63) is 29.8 Å². The van der Waals surface area contributed by atoms with Crippen molar-refractivity contribution in [3.8, 4) is 11.5 Å². The molecule has 1 aliphatic heterocycles. The molecule has 1 amide bonds. The molecule has 130 valence electrons. The van der Waals surface area contributed by atoms with E-state index in [0.29, 0.717) is 17.2 Å². The highest BCUT2D eigenvalue weighted by Crippen LogP contribution is 2.26. The number of nitrogens with zero attached hydrogens (tertiary/aromatic N) is 1. The van der Waals surface area contributed by atoms with Crippen LogP contribution >= 0.6 is 0 Å². The molecule has 0 atom stereocenters. The largest absolute Gasteiger partial charge is 0.504 e. The first-order valence-electron chi connectivity index (χ1n) is 7.99. The summed E-state index contributed by atoms with van der Waals surface area (Å²) in [6, 6.07) is 4.71. The molecule has 0 aliphatic carbocycles. The highest BCUT2D eigenvalue weighted by molar-refractivity contribution is 5.89. The number of carbonyl (C=O) groups excluding carboxylic acids is 2. The van der Waals surface area contributed by atoms with Gasteiger partial charge in [-0.1, -0.05) is 13.0 Å². The quantitative estimate of drug-likeness (QED) is 0.660. The van der Waals surface area contributed by atoms with Gasteiger partial charge in [0.1, 0.15) is 0 Å². The van der Waals surface area contributed by atoms with Crippen LogP contribution in [0.15, 0.2) is 24.3 Å². The predicted molar refractivity (Wildman–Crippen MR) is 89.6 cm³/mol. The molecule has 0 unspecified atom stereocenters. The Morgan fingerprint density at radius 3 is 2.71 bits per heavy atom. The second kappa shape index (κ2) is 8.38. The number of piperidine rings is 1. The molecule has 1 N–H and O–H groups in total. The fourth-order valence-electron chi connectivity index (χ4n) is 2.49. The van der Waals surface area contributed by atoms with E-state index in [9.17, 15) is 14.7 Å². The van der Waals surface area contributed by atoms with Crippen LogP contribution < -0.4 is 4.74 Å². The first-order chi connectivity index (χ1) is 11.5. The topological polar surface area (TPSA) is 76.1 Å². The molecule has 0 radical (unpaired) electrons. The summed E-state index contributed by atoms with van der Waals surface area (Å²) >= 11 is 0. The predicted octanol–water partition coefficient (Wildman–Crippen LogP) is 2.22. The minimum atomic E-state index is -0.583. The van der Waals surface area contributed by atoms with Crippen molar-refractivity contribution < 1.29 is 24.2 Å². The van der Waals surface area contributed by atoms with E-state index in [1.807, 2.05) is 0 Å². The van der Waals surface area contributed by atoms with Gasteiger partial charge in [-0.2, -0.15) is 0 Å². The molecule has 0 spiro atoms. The molecule has 1 aromatic rings. The highest BCUT2D eigenvalue weighted by atomic mass is 16.5. The first kappa shape index (κ1) is 17.8. The molecule has 1 saturated heterocycles. The molecule has 2 rings (SSSR count). The number of phenolic OH excluding ortho intramolecular Hbond substituents is 1. The Bertz CT molecular complexity index is 618. The van der Waals surface area contributed by atoms with E-state index in [2.05, 4.69) is 6.92 Å². The minimum absolute atomic E-state index is 0.0265. The van der Waals surface area contributed by atoms with Crippen LogP contribution in [0.5, 0.6) is 11.5 Å². The minimum Gasteiger partial charge on any atom is -0.504 e. The molecular formula is C18H23NO5. The van der Waals surface area contributed by atoms with Gasteiger partial charge in [-0.3, -0.25) is 4.79 Å². The lowest BCUT2D eigenvalue weighted by atomic mass is 9.99. The van der Waals surface area contributed by atoms with Crippen LogP contribution in [0.3, 0.4) is 0 Å². The maximum Gasteiger partial charge on any atom is 0.331 e. The van der Waals surface area contributed by atoms with Crippen LogP contribution in [0.4, 0.5) is 0 Å². The lowest BCUT2D eigenvalue weighted by Gasteiger charge is -2.30. The van der Waals surface area contributed by atoms with Gasteiger partial charge in [0.2, 0.25) is 0 Å². The fourth-order valence-corrected chi connectivity index (χ4v) is 2.49. The van der Waals surface area contributed by atoms with Gasteiger partial charge in [0.25, 0.3) is 5.91 Å². The number of aromatic hydroxyl groups is 1. The molecular weight excluding hydrogens is 310 g/mol. The second-order valence-electron chi connectivity index (χ2n) is 5.94. The average molecular weight is 333 g/mol. The first-order valence-corrected chi connectivity index (χ1v) is 7.99. The Labute approximate surface area is 141 Å². The van der Waals surface area contributed by atoms with E-state index in [4.69, 9.17) is 9.47 Å². The molecule has 6 nitrogen and oxygen atoms in total. The lowest BCUT2D eigenvalue weighted by molar-refractivity contribution is -0.148. The zero-order chi connectivity index (χ0) is 17.5. The van der Waals surface area contributed by atoms with Gasteiger partial charge in [-0.25, -0.2) is 4.79 Å². The van der Waals surface area contributed by atoms with Crippen LogP contribution in [0.25, 0.3) is 6.08 Å². The standard InChI is InChI=1S/C18H23NO5/c1-13-7-9-19(10-8-13)17(21)12-24-18(22)6-4-14-3-5-15(20)16(11-14)23-2/h3-6,11,13,20H,7-10,12H2,1-2H3/b6-4+. The summed E-state index contributed by atoms with van der Waals surface area (Å²) in [5, 5.41) is 9.51. The van der Waals surface area contributed by atoms with Gasteiger partial charge in [0.05, 0.1) is 7.11 Å². The number of ether oxygens (including phenoxy) is 2. The lowest BCUT2D eigenvalue weighted by Crippen LogP contribution is -2.40. The highest BCUT2D eigenvalue weighted by Gasteiger charge is 2.20. The van der Waals surface area contributed by atoms with E-state index in [1.54, 1.807) is 17.0 Å². The van der Waals surface area contributed by atoms with Crippen molar-refractivity contribution in [1.82, 2.24) is 4.90 Å². The molecule has 1 fully saturated rings. The summed E-state index contributed by atoms with van der Waals surface area (Å²) < 4.78 is 9.98. The molecule has 0 saturated carbocycles. The van der Waals surface area contributed by atoms with Crippen LogP contribution in [0.2, 0.25) is 0 Å². The zero-order valence-corrected chi connectivity index (χ0v) is 14.0. The summed E-state index contributed by atoms with van der Waals surface area (Å²) in [5.41, 5.74) is 0.679. The fraction of sp³-hybridized carbons (Fsp3) is 0.444. The number of hydrogen-bond acceptors (Lipinski definition) is 5. The third kappa shape index (κ3) is 5.01. The van der Waals surface area contributed by atoms with Crippen molar-refractivity contribution >= 4 is 18.0 Å². The van der Waals surface area contributed by atoms with E-state index in [0.717, 1.165) is 25.9 Å². The zero-order valence-electron chi connectivity index (χ0n) is 14.0. The Morgan fingerprint density at radius 2 is 2.04 bits per heavy atom. The van der Waals surface area contributed by atoms with E-state index < -0.39 is 5.97 Å². The van der Waals surface area contributed by atoms with Gasteiger partial charge in [0.15, 0.2) is 18.1 Å². The number of likely N-dealkylation sites (tertiary alicyclic amines) is 1. The number of esters is 1. The summed E-state index contributed by atoms with van der Waals surface area (Å²) in [7, 11) is 1.45. The number of carbonyl (C=O) groups is 2. The summed E-state index contributed by atoms with van der Waals surface area (Å²) in [6.45, 7) is 3.38. The molecule has 1 aliphatic rings. The molecule has 1 aromatic carbocycles. The normalized spacial score (nSPS) is 15.5. The monoisotopic (exact) mass is 333 g/mol. The number of amides is 1. The van der Waals surface area contributed by atoms with Crippen molar-refractivity contribution in [2.45, 2.75) is 19.8 Å². The van der Waals surface area contributed by atoms with Gasteiger partial charge in [-0.05, 0) is 42.5 Å². The van der Waals surface area contributed by atoms with Crippen molar-refractivity contribution in [1.29, 1.82) is 0 Å². The van der Waals surface area contributed by atoms with Gasteiger partial charge in [-0.15, -0.1) is 0 Å². The van der Waals surface area contributed by atoms with Crippen LogP contribution in [-0.2, 0) is 14.3 Å². The number of phenols is 1. The number of benzene rings is 1. The maximum atomic E-state index is 12.0. The average Bonchev–Trinajstić information content (AvgIpc) is 2.59. The van der Waals surface area contributed by atoms with Gasteiger partial charge < -0.3 is 19.5 Å². The smallest absolute Gasteiger partial charge is 0.331 e. The van der Waals surface area contributed by atoms with E-state index in [-0.39, 0.29) is 18.3 Å². The number of rotatable bonds is 5. The third-order valence-electron chi connectivity index (χ3n) is 4.09. The van der Waals surface area contributed by atoms with Crippen LogP contribution in [0.1, 0.15) is 25.3 Å². The van der Waals surface area contributed by atoms with Crippen molar-refractivity contribution in [3.63, 3.8) is 0 Å².